The summed E-state index contributed by atoms with van der Waals surface area (Å²) in [6.45, 7) is 0. The lowest BCUT2D eigenvalue weighted by atomic mass is 9.88. The second kappa shape index (κ2) is 8.98. The van der Waals surface area contributed by atoms with Gasteiger partial charge in [0.2, 0.25) is 0 Å². The first-order valence-corrected chi connectivity index (χ1v) is 10.2. The topological polar surface area (TPSA) is 27.7 Å². The first-order chi connectivity index (χ1) is 15.4. The van der Waals surface area contributed by atoms with Crippen molar-refractivity contribution in [1.82, 2.24) is 0 Å². The summed E-state index contributed by atoms with van der Waals surface area (Å²) in [6.07, 6.45) is -7.67. The van der Waals surface area contributed by atoms with Gasteiger partial charge in [-0.05, 0) is 0 Å². The van der Waals surface area contributed by atoms with E-state index < -0.39 is 61.3 Å². The summed E-state index contributed by atoms with van der Waals surface area (Å²) in [6, 6.07) is 1.64. The van der Waals surface area contributed by atoms with Gasteiger partial charge in [-0.3, -0.25) is 0 Å². The number of benzene rings is 1. The highest BCUT2D eigenvalue weighted by atomic mass is 28.4. The van der Waals surface area contributed by atoms with E-state index >= 15 is 0 Å². The maximum atomic E-state index is 14.7. The van der Waals surface area contributed by atoms with E-state index in [0.29, 0.717) is 33.5 Å². The van der Waals surface area contributed by atoms with Crippen LogP contribution in [0.2, 0.25) is 0 Å². The van der Waals surface area contributed by atoms with Crippen LogP contribution in [0.3, 0.4) is 0 Å². The minimum Gasteiger partial charge on any atom is -0.373 e. The fraction of sp³-hybridized carbons (Fsp3) is 0.625. The lowest BCUT2D eigenvalue weighted by Crippen LogP contribution is -2.72. The lowest BCUT2D eigenvalue weighted by molar-refractivity contribution is -0.453. The summed E-state index contributed by atoms with van der Waals surface area (Å²) in [5.74, 6) is -47.3. The van der Waals surface area contributed by atoms with E-state index in [2.05, 4.69) is 0 Å². The molecule has 204 valence electrons. The molecule has 19 heteroatoms. The Morgan fingerprint density at radius 3 is 1.23 bits per heavy atom. The van der Waals surface area contributed by atoms with E-state index in [1.165, 1.54) is 0 Å². The van der Waals surface area contributed by atoms with Crippen molar-refractivity contribution in [2.75, 3.05) is 21.3 Å². The van der Waals surface area contributed by atoms with Gasteiger partial charge < -0.3 is 13.3 Å². The molecule has 35 heavy (non-hydrogen) atoms. The monoisotopic (exact) mass is 566 g/mol. The van der Waals surface area contributed by atoms with Crippen molar-refractivity contribution in [2.24, 2.45) is 0 Å². The molecule has 0 bridgehead atoms. The van der Waals surface area contributed by atoms with E-state index in [0.717, 1.165) is 6.07 Å². The SMILES string of the molecule is CO[Si](OC)(OC)c1ccccc1C(F)(F)C(F)(F)C(F)(F)C(F)(F)C(F)(F)C(F)(F)C(F)(F)F. The molecule has 0 heterocycles. The van der Waals surface area contributed by atoms with Gasteiger partial charge in [0, 0.05) is 32.1 Å². The van der Waals surface area contributed by atoms with Gasteiger partial charge in [0.15, 0.2) is 0 Å². The van der Waals surface area contributed by atoms with Gasteiger partial charge in [0.25, 0.3) is 0 Å². The quantitative estimate of drug-likeness (QED) is 0.273. The van der Waals surface area contributed by atoms with Crippen LogP contribution in [0.4, 0.5) is 65.9 Å². The van der Waals surface area contributed by atoms with Gasteiger partial charge in [-0.2, -0.15) is 65.9 Å². The highest BCUT2D eigenvalue weighted by molar-refractivity contribution is 6.75. The van der Waals surface area contributed by atoms with Crippen LogP contribution in [-0.4, -0.2) is 65.9 Å². The summed E-state index contributed by atoms with van der Waals surface area (Å²) in [7, 11) is -2.58. The normalized spacial score (nSPS) is 15.5. The molecule has 0 saturated heterocycles. The van der Waals surface area contributed by atoms with Crippen LogP contribution in [0, 0.1) is 0 Å². The molecule has 1 aromatic rings. The Kier molecular flexibility index (Phi) is 8.03. The Hall–Kier alpha value is -1.73. The van der Waals surface area contributed by atoms with Crippen LogP contribution >= 0.6 is 0 Å². The average Bonchev–Trinajstić information content (AvgIpc) is 2.74. The molecular weight excluding hydrogens is 553 g/mol. The number of rotatable bonds is 10. The summed E-state index contributed by atoms with van der Waals surface area (Å²) < 4.78 is 217. The third kappa shape index (κ3) is 4.16. The smallest absolute Gasteiger partial charge is 0.373 e. The molecule has 0 spiro atoms. The number of hydrogen-bond donors (Lipinski definition) is 0. The highest BCUT2D eigenvalue weighted by Crippen LogP contribution is 2.63. The first kappa shape index (κ1) is 31.3. The summed E-state index contributed by atoms with van der Waals surface area (Å²) in [5, 5.41) is -1.27. The molecule has 0 aliphatic carbocycles. The van der Waals surface area contributed by atoms with Crippen LogP contribution in [0.1, 0.15) is 5.56 Å². The molecule has 0 unspecified atom stereocenters. The van der Waals surface area contributed by atoms with Gasteiger partial charge in [0.1, 0.15) is 0 Å². The van der Waals surface area contributed by atoms with Gasteiger partial charge in [-0.15, -0.1) is 0 Å². The standard InChI is InChI=1S/C16H13F15O3Si/c1-32-35(33-2,34-3)9-7-5-4-6-8(9)10(17,18)11(19,20)12(21,22)13(23,24)14(25,26)15(27,28)16(29,30)31/h4-7H,1-3H3. The number of alkyl halides is 15. The Labute approximate surface area is 187 Å². The van der Waals surface area contributed by atoms with E-state index in [1.54, 1.807) is 0 Å². The van der Waals surface area contributed by atoms with Gasteiger partial charge in [0.05, 0.1) is 0 Å². The molecular formula is C16H13F15O3Si. The molecule has 0 saturated carbocycles. The van der Waals surface area contributed by atoms with Crippen molar-refractivity contribution in [2.45, 2.75) is 41.7 Å². The second-order valence-corrected chi connectivity index (χ2v) is 9.53. The summed E-state index contributed by atoms with van der Waals surface area (Å²) >= 11 is 0. The van der Waals surface area contributed by atoms with Gasteiger partial charge in [-0.25, -0.2) is 0 Å². The fourth-order valence-corrected chi connectivity index (χ4v) is 4.77. The molecule has 0 fully saturated rings. The molecule has 0 atom stereocenters. The largest absolute Gasteiger partial charge is 0.536 e. The number of halogens is 15. The molecule has 0 aromatic heterocycles. The molecule has 0 radical (unpaired) electrons. The second-order valence-electron chi connectivity index (χ2n) is 6.66. The zero-order valence-corrected chi connectivity index (χ0v) is 18.2. The number of hydrogen-bond acceptors (Lipinski definition) is 3. The zero-order chi connectivity index (χ0) is 28.1. The Morgan fingerprint density at radius 2 is 0.857 bits per heavy atom. The van der Waals surface area contributed by atoms with E-state index in [9.17, 15) is 65.9 Å². The Bertz CT molecular complexity index is 888. The van der Waals surface area contributed by atoms with Crippen LogP contribution in [-0.2, 0) is 19.2 Å². The minimum absolute atomic E-state index is 0.0846. The molecule has 0 aliphatic heterocycles. The summed E-state index contributed by atoms with van der Waals surface area (Å²) in [5.41, 5.74) is -2.32. The maximum absolute atomic E-state index is 14.7. The fourth-order valence-electron chi connectivity index (χ4n) is 2.74. The first-order valence-electron chi connectivity index (χ1n) is 8.50. The third-order valence-electron chi connectivity index (χ3n) is 4.73. The highest BCUT2D eigenvalue weighted by Gasteiger charge is 2.93. The average molecular weight is 566 g/mol. The van der Waals surface area contributed by atoms with Gasteiger partial charge >= 0.3 is 50.5 Å². The van der Waals surface area contributed by atoms with E-state index in [1.807, 2.05) is 0 Å². The van der Waals surface area contributed by atoms with Crippen molar-refractivity contribution in [1.29, 1.82) is 0 Å². The van der Waals surface area contributed by atoms with Gasteiger partial charge in [-0.1, -0.05) is 24.3 Å². The Morgan fingerprint density at radius 1 is 0.514 bits per heavy atom. The van der Waals surface area contributed by atoms with E-state index in [4.69, 9.17) is 13.3 Å². The minimum atomic E-state index is -8.38. The molecule has 0 amide bonds. The predicted molar refractivity (Wildman–Crippen MR) is 87.5 cm³/mol. The van der Waals surface area contributed by atoms with Crippen LogP contribution in [0.25, 0.3) is 0 Å². The van der Waals surface area contributed by atoms with E-state index in [-0.39, 0.29) is 6.07 Å². The van der Waals surface area contributed by atoms with Crippen molar-refractivity contribution in [3.05, 3.63) is 29.8 Å². The Balaban J connectivity index is 3.87. The van der Waals surface area contributed by atoms with Crippen LogP contribution in [0.15, 0.2) is 24.3 Å². The zero-order valence-electron chi connectivity index (χ0n) is 17.2. The third-order valence-corrected chi connectivity index (χ3v) is 7.44. The molecule has 1 aromatic carbocycles. The van der Waals surface area contributed by atoms with Crippen LogP contribution in [0.5, 0.6) is 0 Å². The van der Waals surface area contributed by atoms with Crippen molar-refractivity contribution < 1.29 is 79.1 Å². The molecule has 1 rings (SSSR count). The molecule has 3 nitrogen and oxygen atoms in total. The van der Waals surface area contributed by atoms with Crippen molar-refractivity contribution in [3.63, 3.8) is 0 Å². The maximum Gasteiger partial charge on any atom is 0.536 e. The molecule has 0 aliphatic rings. The van der Waals surface area contributed by atoms with Crippen molar-refractivity contribution in [3.8, 4) is 0 Å². The predicted octanol–water partition coefficient (Wildman–Crippen LogP) is 5.60. The summed E-state index contributed by atoms with van der Waals surface area (Å²) in [4.78, 5) is 0. The van der Waals surface area contributed by atoms with Crippen LogP contribution < -0.4 is 5.19 Å². The lowest BCUT2D eigenvalue weighted by Gasteiger charge is -2.42. The van der Waals surface area contributed by atoms with Crippen molar-refractivity contribution >= 4 is 14.0 Å². The molecule has 0 N–H and O–H groups in total.